The maximum Gasteiger partial charge on any atom is 0.387 e. The van der Waals surface area contributed by atoms with Crippen molar-refractivity contribution >= 4 is 5.96 Å². The highest BCUT2D eigenvalue weighted by Gasteiger charge is 2.11. The molecule has 0 aliphatic heterocycles. The highest BCUT2D eigenvalue weighted by molar-refractivity contribution is 5.79. The van der Waals surface area contributed by atoms with E-state index >= 15 is 0 Å². The molecule has 0 aliphatic carbocycles. The molecule has 0 bridgehead atoms. The number of alkyl halides is 2. The van der Waals surface area contributed by atoms with Gasteiger partial charge in [0.1, 0.15) is 11.5 Å². The highest BCUT2D eigenvalue weighted by Crippen LogP contribution is 2.26. The molecular formula is C16H25F2N3O2. The third kappa shape index (κ3) is 7.17. The number of halogens is 2. The van der Waals surface area contributed by atoms with Crippen LogP contribution in [0.15, 0.2) is 23.2 Å². The van der Waals surface area contributed by atoms with E-state index < -0.39 is 6.61 Å². The first-order valence-electron chi connectivity index (χ1n) is 7.74. The van der Waals surface area contributed by atoms with Crippen LogP contribution < -0.4 is 20.1 Å². The van der Waals surface area contributed by atoms with Gasteiger partial charge in [0, 0.05) is 18.7 Å². The molecule has 1 aromatic carbocycles. The SMILES string of the molecule is CCCCNC(=NCc1cc(OC)ccc1OC(F)F)NCC. The maximum atomic E-state index is 12.5. The summed E-state index contributed by atoms with van der Waals surface area (Å²) < 4.78 is 34.7. The number of hydrogen-bond acceptors (Lipinski definition) is 3. The molecule has 5 nitrogen and oxygen atoms in total. The van der Waals surface area contributed by atoms with Crippen molar-refractivity contribution in [1.82, 2.24) is 10.6 Å². The zero-order valence-electron chi connectivity index (χ0n) is 13.9. The summed E-state index contributed by atoms with van der Waals surface area (Å²) in [5.74, 6) is 1.32. The van der Waals surface area contributed by atoms with E-state index in [4.69, 9.17) is 4.74 Å². The third-order valence-electron chi connectivity index (χ3n) is 3.06. The minimum Gasteiger partial charge on any atom is -0.497 e. The number of methoxy groups -OCH3 is 1. The van der Waals surface area contributed by atoms with Gasteiger partial charge in [0.15, 0.2) is 5.96 Å². The number of guanidine groups is 1. The number of aliphatic imine (C=N–C) groups is 1. The topological polar surface area (TPSA) is 54.9 Å². The van der Waals surface area contributed by atoms with Gasteiger partial charge in [-0.15, -0.1) is 0 Å². The van der Waals surface area contributed by atoms with E-state index in [1.165, 1.54) is 13.2 Å². The molecule has 0 saturated carbocycles. The smallest absolute Gasteiger partial charge is 0.387 e. The summed E-state index contributed by atoms with van der Waals surface area (Å²) in [6, 6.07) is 4.69. The van der Waals surface area contributed by atoms with Crippen molar-refractivity contribution < 1.29 is 18.3 Å². The number of nitrogens with one attached hydrogen (secondary N) is 2. The predicted octanol–water partition coefficient (Wildman–Crippen LogP) is 3.15. The first kappa shape index (κ1) is 19.0. The molecule has 0 atom stereocenters. The zero-order valence-corrected chi connectivity index (χ0v) is 13.9. The lowest BCUT2D eigenvalue weighted by Gasteiger charge is -2.13. The average molecular weight is 329 g/mol. The molecule has 1 rings (SSSR count). The molecule has 0 unspecified atom stereocenters. The fourth-order valence-electron chi connectivity index (χ4n) is 1.91. The molecule has 0 aliphatic rings. The number of nitrogens with zero attached hydrogens (tertiary/aromatic N) is 1. The molecule has 2 N–H and O–H groups in total. The number of hydrogen-bond donors (Lipinski definition) is 2. The lowest BCUT2D eigenvalue weighted by molar-refractivity contribution is -0.0504. The van der Waals surface area contributed by atoms with Crippen LogP contribution in [0.25, 0.3) is 0 Å². The van der Waals surface area contributed by atoms with Crippen molar-refractivity contribution in [3.05, 3.63) is 23.8 Å². The zero-order chi connectivity index (χ0) is 17.1. The Morgan fingerprint density at radius 2 is 2.04 bits per heavy atom. The molecule has 0 amide bonds. The van der Waals surface area contributed by atoms with Crippen LogP contribution in [0.1, 0.15) is 32.3 Å². The van der Waals surface area contributed by atoms with Crippen molar-refractivity contribution in [2.45, 2.75) is 39.8 Å². The maximum absolute atomic E-state index is 12.5. The minimum absolute atomic E-state index is 0.106. The monoisotopic (exact) mass is 329 g/mol. The summed E-state index contributed by atoms with van der Waals surface area (Å²) in [6.07, 6.45) is 2.11. The fraction of sp³-hybridized carbons (Fsp3) is 0.562. The van der Waals surface area contributed by atoms with Crippen LogP contribution in [0.3, 0.4) is 0 Å². The average Bonchev–Trinajstić information content (AvgIpc) is 2.53. The van der Waals surface area contributed by atoms with Crippen molar-refractivity contribution in [3.63, 3.8) is 0 Å². The second kappa shape index (κ2) is 10.6. The number of ether oxygens (including phenoxy) is 2. The fourth-order valence-corrected chi connectivity index (χ4v) is 1.91. The van der Waals surface area contributed by atoms with E-state index in [1.54, 1.807) is 12.1 Å². The van der Waals surface area contributed by atoms with Gasteiger partial charge in [-0.05, 0) is 31.5 Å². The van der Waals surface area contributed by atoms with Crippen LogP contribution in [-0.4, -0.2) is 32.8 Å². The van der Waals surface area contributed by atoms with Gasteiger partial charge in [-0.2, -0.15) is 8.78 Å². The first-order valence-corrected chi connectivity index (χ1v) is 7.74. The van der Waals surface area contributed by atoms with Crippen LogP contribution in [0.5, 0.6) is 11.5 Å². The molecule has 130 valence electrons. The van der Waals surface area contributed by atoms with Crippen molar-refractivity contribution in [2.24, 2.45) is 4.99 Å². The molecule has 0 aromatic heterocycles. The minimum atomic E-state index is -2.87. The Kier molecular flexibility index (Phi) is 8.79. The van der Waals surface area contributed by atoms with Crippen molar-refractivity contribution in [1.29, 1.82) is 0 Å². The Morgan fingerprint density at radius 3 is 2.65 bits per heavy atom. The summed E-state index contributed by atoms with van der Waals surface area (Å²) in [4.78, 5) is 4.41. The number of benzene rings is 1. The summed E-state index contributed by atoms with van der Waals surface area (Å²) >= 11 is 0. The van der Waals surface area contributed by atoms with Gasteiger partial charge in [-0.3, -0.25) is 0 Å². The third-order valence-corrected chi connectivity index (χ3v) is 3.06. The molecule has 1 aromatic rings. The second-order valence-corrected chi connectivity index (χ2v) is 4.83. The van der Waals surface area contributed by atoms with Gasteiger partial charge in [0.2, 0.25) is 0 Å². The molecule has 0 heterocycles. The molecule has 0 fully saturated rings. The van der Waals surface area contributed by atoms with E-state index in [-0.39, 0.29) is 12.3 Å². The number of rotatable bonds is 9. The van der Waals surface area contributed by atoms with E-state index in [1.807, 2.05) is 6.92 Å². The Balaban J connectivity index is 2.87. The predicted molar refractivity (Wildman–Crippen MR) is 87.4 cm³/mol. The van der Waals surface area contributed by atoms with Crippen molar-refractivity contribution in [3.8, 4) is 11.5 Å². The quantitative estimate of drug-likeness (QED) is 0.415. The molecule has 23 heavy (non-hydrogen) atoms. The van der Waals surface area contributed by atoms with Gasteiger partial charge in [0.25, 0.3) is 0 Å². The second-order valence-electron chi connectivity index (χ2n) is 4.83. The summed E-state index contributed by atoms with van der Waals surface area (Å²) in [5, 5.41) is 6.32. The molecule has 0 saturated heterocycles. The van der Waals surface area contributed by atoms with Gasteiger partial charge < -0.3 is 20.1 Å². The number of unbranched alkanes of at least 4 members (excludes halogenated alkanes) is 1. The normalized spacial score (nSPS) is 11.5. The first-order chi connectivity index (χ1) is 11.1. The summed E-state index contributed by atoms with van der Waals surface area (Å²) in [6.45, 7) is 2.93. The van der Waals surface area contributed by atoms with E-state index in [9.17, 15) is 8.78 Å². The van der Waals surface area contributed by atoms with Crippen LogP contribution in [0.2, 0.25) is 0 Å². The Hall–Kier alpha value is -2.05. The van der Waals surface area contributed by atoms with E-state index in [2.05, 4.69) is 27.3 Å². The molecule has 0 radical (unpaired) electrons. The molecule has 7 heteroatoms. The van der Waals surface area contributed by atoms with Crippen LogP contribution in [0.4, 0.5) is 8.78 Å². The molecule has 0 spiro atoms. The summed E-state index contributed by atoms with van der Waals surface area (Å²) in [5.41, 5.74) is 0.539. The van der Waals surface area contributed by atoms with Crippen LogP contribution in [0, 0.1) is 0 Å². The lowest BCUT2D eigenvalue weighted by Crippen LogP contribution is -2.37. The highest BCUT2D eigenvalue weighted by atomic mass is 19.3. The molecular weight excluding hydrogens is 304 g/mol. The largest absolute Gasteiger partial charge is 0.497 e. The summed E-state index contributed by atoms with van der Waals surface area (Å²) in [7, 11) is 1.52. The van der Waals surface area contributed by atoms with Gasteiger partial charge >= 0.3 is 6.61 Å². The van der Waals surface area contributed by atoms with Gasteiger partial charge in [-0.1, -0.05) is 13.3 Å². The van der Waals surface area contributed by atoms with E-state index in [0.717, 1.165) is 25.9 Å². The standard InChI is InChI=1S/C16H25F2N3O2/c1-4-6-9-20-16(19-5-2)21-11-12-10-13(22-3)7-8-14(12)23-15(17)18/h7-8,10,15H,4-6,9,11H2,1-3H3,(H2,19,20,21). The Bertz CT molecular complexity index is 496. The van der Waals surface area contributed by atoms with Crippen LogP contribution in [-0.2, 0) is 6.54 Å². The van der Waals surface area contributed by atoms with Gasteiger partial charge in [-0.25, -0.2) is 4.99 Å². The van der Waals surface area contributed by atoms with Crippen LogP contribution >= 0.6 is 0 Å². The van der Waals surface area contributed by atoms with E-state index in [0.29, 0.717) is 17.3 Å². The van der Waals surface area contributed by atoms with Gasteiger partial charge in [0.05, 0.1) is 13.7 Å². The Labute approximate surface area is 136 Å². The lowest BCUT2D eigenvalue weighted by atomic mass is 10.2. The Morgan fingerprint density at radius 1 is 1.26 bits per heavy atom. The van der Waals surface area contributed by atoms with Crippen molar-refractivity contribution in [2.75, 3.05) is 20.2 Å².